The predicted octanol–water partition coefficient (Wildman–Crippen LogP) is 1.75. The molecule has 0 amide bonds. The van der Waals surface area contributed by atoms with E-state index >= 15 is 0 Å². The number of halogens is 2. The second kappa shape index (κ2) is 4.02. The number of rotatable bonds is 2. The Kier molecular flexibility index (Phi) is 2.70. The molecule has 3 nitrogen and oxygen atoms in total. The van der Waals surface area contributed by atoms with Crippen LogP contribution in [0, 0.1) is 11.6 Å². The molecule has 0 saturated carbocycles. The van der Waals surface area contributed by atoms with Gasteiger partial charge in [0, 0.05) is 24.4 Å². The van der Waals surface area contributed by atoms with Crippen LogP contribution in [0.25, 0.3) is 0 Å². The highest BCUT2D eigenvalue weighted by molar-refractivity contribution is 5.30. The normalized spacial score (nSPS) is 12.8. The molecule has 2 aromatic rings. The number of aromatic nitrogens is 2. The Hall–Kier alpha value is -1.75. The van der Waals surface area contributed by atoms with Gasteiger partial charge in [0.05, 0.1) is 12.2 Å². The van der Waals surface area contributed by atoms with Crippen molar-refractivity contribution in [3.63, 3.8) is 0 Å². The average molecular weight is 223 g/mol. The standard InChI is InChI=1S/C11H11F2N3/c1-16-6-7(5-15-16)11(14)10-8(12)3-2-4-9(10)13/h2-6,11H,14H2,1H3. The van der Waals surface area contributed by atoms with Crippen molar-refractivity contribution in [1.29, 1.82) is 0 Å². The zero-order valence-corrected chi connectivity index (χ0v) is 8.69. The van der Waals surface area contributed by atoms with E-state index in [2.05, 4.69) is 5.10 Å². The molecule has 2 N–H and O–H groups in total. The summed E-state index contributed by atoms with van der Waals surface area (Å²) in [4.78, 5) is 0. The number of hydrogen-bond donors (Lipinski definition) is 1. The van der Waals surface area contributed by atoms with Gasteiger partial charge in [-0.25, -0.2) is 8.78 Å². The minimum absolute atomic E-state index is 0.129. The fourth-order valence-electron chi connectivity index (χ4n) is 1.58. The first kappa shape index (κ1) is 10.8. The topological polar surface area (TPSA) is 43.8 Å². The Balaban J connectivity index is 2.45. The maximum atomic E-state index is 13.4. The van der Waals surface area contributed by atoms with Gasteiger partial charge in [-0.3, -0.25) is 4.68 Å². The Bertz CT molecular complexity index is 487. The molecule has 0 aliphatic carbocycles. The minimum Gasteiger partial charge on any atom is -0.320 e. The first-order valence-electron chi connectivity index (χ1n) is 4.77. The average Bonchev–Trinajstić information content (AvgIpc) is 2.64. The van der Waals surface area contributed by atoms with E-state index in [9.17, 15) is 8.78 Å². The van der Waals surface area contributed by atoms with Crippen LogP contribution in [0.2, 0.25) is 0 Å². The van der Waals surface area contributed by atoms with E-state index in [1.807, 2.05) is 0 Å². The molecule has 0 bridgehead atoms. The molecule has 1 aromatic heterocycles. The third-order valence-corrected chi connectivity index (χ3v) is 2.39. The minimum atomic E-state index is -0.838. The third-order valence-electron chi connectivity index (χ3n) is 2.39. The van der Waals surface area contributed by atoms with Crippen molar-refractivity contribution in [2.45, 2.75) is 6.04 Å². The SMILES string of the molecule is Cn1cc(C(N)c2c(F)cccc2F)cn1. The van der Waals surface area contributed by atoms with Crippen LogP contribution in [0.5, 0.6) is 0 Å². The number of nitrogens with zero attached hydrogens (tertiary/aromatic N) is 2. The summed E-state index contributed by atoms with van der Waals surface area (Å²) in [6.07, 6.45) is 3.13. The summed E-state index contributed by atoms with van der Waals surface area (Å²) in [6.45, 7) is 0. The quantitative estimate of drug-likeness (QED) is 0.842. The van der Waals surface area contributed by atoms with Gasteiger partial charge in [-0.15, -0.1) is 0 Å². The lowest BCUT2D eigenvalue weighted by Crippen LogP contribution is -2.15. The van der Waals surface area contributed by atoms with Crippen LogP contribution in [0.15, 0.2) is 30.6 Å². The lowest BCUT2D eigenvalue weighted by molar-refractivity contribution is 0.543. The Morgan fingerprint density at radius 1 is 1.31 bits per heavy atom. The lowest BCUT2D eigenvalue weighted by atomic mass is 10.0. The molecule has 1 heterocycles. The molecule has 0 aliphatic heterocycles. The number of hydrogen-bond acceptors (Lipinski definition) is 2. The summed E-state index contributed by atoms with van der Waals surface area (Å²) in [5.74, 6) is -1.28. The predicted molar refractivity (Wildman–Crippen MR) is 55.6 cm³/mol. The van der Waals surface area contributed by atoms with Crippen LogP contribution in [-0.2, 0) is 7.05 Å². The maximum Gasteiger partial charge on any atom is 0.131 e. The number of aryl methyl sites for hydroxylation is 1. The monoisotopic (exact) mass is 223 g/mol. The highest BCUT2D eigenvalue weighted by atomic mass is 19.1. The lowest BCUT2D eigenvalue weighted by Gasteiger charge is -2.11. The van der Waals surface area contributed by atoms with Gasteiger partial charge in [-0.2, -0.15) is 5.10 Å². The largest absolute Gasteiger partial charge is 0.320 e. The molecule has 0 radical (unpaired) electrons. The maximum absolute atomic E-state index is 13.4. The second-order valence-electron chi connectivity index (χ2n) is 3.56. The van der Waals surface area contributed by atoms with E-state index in [0.29, 0.717) is 5.56 Å². The summed E-state index contributed by atoms with van der Waals surface area (Å²) >= 11 is 0. The van der Waals surface area contributed by atoms with E-state index in [4.69, 9.17) is 5.73 Å². The van der Waals surface area contributed by atoms with Gasteiger partial charge in [-0.1, -0.05) is 6.07 Å². The molecule has 2 rings (SSSR count). The summed E-state index contributed by atoms with van der Waals surface area (Å²) in [5.41, 5.74) is 6.24. The van der Waals surface area contributed by atoms with Crippen molar-refractivity contribution < 1.29 is 8.78 Å². The smallest absolute Gasteiger partial charge is 0.131 e. The molecule has 1 aromatic carbocycles. The van der Waals surface area contributed by atoms with Crippen LogP contribution >= 0.6 is 0 Å². The van der Waals surface area contributed by atoms with E-state index in [-0.39, 0.29) is 5.56 Å². The second-order valence-corrected chi connectivity index (χ2v) is 3.56. The fourth-order valence-corrected chi connectivity index (χ4v) is 1.58. The molecule has 5 heteroatoms. The van der Waals surface area contributed by atoms with Crippen molar-refractivity contribution in [3.05, 3.63) is 53.4 Å². The van der Waals surface area contributed by atoms with Crippen molar-refractivity contribution in [3.8, 4) is 0 Å². The van der Waals surface area contributed by atoms with E-state index in [0.717, 1.165) is 0 Å². The summed E-state index contributed by atoms with van der Waals surface area (Å²) in [5, 5.41) is 3.91. The molecule has 84 valence electrons. The summed E-state index contributed by atoms with van der Waals surface area (Å²) in [6, 6.07) is 2.85. The van der Waals surface area contributed by atoms with E-state index in [1.54, 1.807) is 13.2 Å². The van der Waals surface area contributed by atoms with Crippen LogP contribution in [0.1, 0.15) is 17.2 Å². The van der Waals surface area contributed by atoms with Gasteiger partial charge < -0.3 is 5.73 Å². The fraction of sp³-hybridized carbons (Fsp3) is 0.182. The molecule has 16 heavy (non-hydrogen) atoms. The van der Waals surface area contributed by atoms with Crippen LogP contribution in [0.3, 0.4) is 0 Å². The number of benzene rings is 1. The molecule has 1 unspecified atom stereocenters. The molecular weight excluding hydrogens is 212 g/mol. The zero-order chi connectivity index (χ0) is 11.7. The van der Waals surface area contributed by atoms with Crippen molar-refractivity contribution >= 4 is 0 Å². The molecule has 0 aliphatic rings. The van der Waals surface area contributed by atoms with Crippen LogP contribution < -0.4 is 5.73 Å². The van der Waals surface area contributed by atoms with Gasteiger partial charge in [0.2, 0.25) is 0 Å². The van der Waals surface area contributed by atoms with Crippen molar-refractivity contribution in [1.82, 2.24) is 9.78 Å². The first-order chi connectivity index (χ1) is 7.59. The van der Waals surface area contributed by atoms with Gasteiger partial charge in [0.1, 0.15) is 11.6 Å². The molecule has 0 fully saturated rings. The van der Waals surface area contributed by atoms with Gasteiger partial charge in [0.15, 0.2) is 0 Å². The van der Waals surface area contributed by atoms with Gasteiger partial charge in [-0.05, 0) is 12.1 Å². The molecule has 1 atom stereocenters. The highest BCUT2D eigenvalue weighted by Crippen LogP contribution is 2.24. The third kappa shape index (κ3) is 1.81. The van der Waals surface area contributed by atoms with Gasteiger partial charge >= 0.3 is 0 Å². The highest BCUT2D eigenvalue weighted by Gasteiger charge is 2.18. The van der Waals surface area contributed by atoms with E-state index < -0.39 is 17.7 Å². The van der Waals surface area contributed by atoms with Crippen molar-refractivity contribution in [2.24, 2.45) is 12.8 Å². The Labute approximate surface area is 91.5 Å². The molecule has 0 spiro atoms. The Morgan fingerprint density at radius 3 is 2.44 bits per heavy atom. The van der Waals surface area contributed by atoms with Crippen LogP contribution in [-0.4, -0.2) is 9.78 Å². The summed E-state index contributed by atoms with van der Waals surface area (Å²) in [7, 11) is 1.72. The van der Waals surface area contributed by atoms with Crippen molar-refractivity contribution in [2.75, 3.05) is 0 Å². The van der Waals surface area contributed by atoms with E-state index in [1.165, 1.54) is 29.1 Å². The van der Waals surface area contributed by atoms with Gasteiger partial charge in [0.25, 0.3) is 0 Å². The molecular formula is C11H11F2N3. The number of nitrogens with two attached hydrogens (primary N) is 1. The molecule has 0 saturated heterocycles. The first-order valence-corrected chi connectivity index (χ1v) is 4.77. The Morgan fingerprint density at radius 2 is 1.94 bits per heavy atom. The summed E-state index contributed by atoms with van der Waals surface area (Å²) < 4.78 is 28.4. The van der Waals surface area contributed by atoms with Crippen LogP contribution in [0.4, 0.5) is 8.78 Å². The zero-order valence-electron chi connectivity index (χ0n) is 8.69.